The van der Waals surface area contributed by atoms with Gasteiger partial charge in [0.05, 0.1) is 6.61 Å². The second-order valence-electron chi connectivity index (χ2n) is 4.58. The Morgan fingerprint density at radius 1 is 1.20 bits per heavy atom. The number of anilines is 2. The summed E-state index contributed by atoms with van der Waals surface area (Å²) in [7, 11) is 0. The van der Waals surface area contributed by atoms with Gasteiger partial charge in [0.25, 0.3) is 0 Å². The van der Waals surface area contributed by atoms with Crippen molar-refractivity contribution >= 4 is 11.6 Å². The van der Waals surface area contributed by atoms with Crippen LogP contribution < -0.4 is 10.2 Å². The van der Waals surface area contributed by atoms with Crippen LogP contribution in [0.5, 0.6) is 0 Å². The molecule has 1 rings (SSSR count). The molecule has 0 amide bonds. The standard InChI is InChI=1S/C15H28N4O/c1-5-9-13-14(16-6-2)17-12-18-15(13)19(7-3)10-11-20-8-4/h12H,5-11H2,1-4H3,(H,16,17,18). The van der Waals surface area contributed by atoms with E-state index in [2.05, 4.69) is 41.0 Å². The largest absolute Gasteiger partial charge is 0.380 e. The lowest BCUT2D eigenvalue weighted by Gasteiger charge is -2.25. The predicted octanol–water partition coefficient (Wildman–Crippen LogP) is 2.72. The smallest absolute Gasteiger partial charge is 0.137 e. The first-order chi connectivity index (χ1) is 9.78. The SMILES string of the molecule is CCCc1c(NCC)ncnc1N(CC)CCOCC. The van der Waals surface area contributed by atoms with E-state index in [-0.39, 0.29) is 0 Å². The summed E-state index contributed by atoms with van der Waals surface area (Å²) in [5.74, 6) is 2.01. The zero-order valence-corrected chi connectivity index (χ0v) is 13.3. The van der Waals surface area contributed by atoms with Gasteiger partial charge >= 0.3 is 0 Å². The third-order valence-corrected chi connectivity index (χ3v) is 3.16. The second kappa shape index (κ2) is 9.53. The molecule has 1 heterocycles. The number of aromatic nitrogens is 2. The summed E-state index contributed by atoms with van der Waals surface area (Å²) >= 11 is 0. The summed E-state index contributed by atoms with van der Waals surface area (Å²) < 4.78 is 5.46. The fourth-order valence-corrected chi connectivity index (χ4v) is 2.21. The average molecular weight is 280 g/mol. The van der Waals surface area contributed by atoms with Crippen LogP contribution in [0.1, 0.15) is 39.7 Å². The molecule has 0 aromatic carbocycles. The molecule has 0 radical (unpaired) electrons. The Balaban J connectivity index is 2.96. The van der Waals surface area contributed by atoms with Crippen molar-refractivity contribution in [3.8, 4) is 0 Å². The number of hydrogen-bond acceptors (Lipinski definition) is 5. The average Bonchev–Trinajstić information content (AvgIpc) is 2.46. The van der Waals surface area contributed by atoms with Gasteiger partial charge in [0.15, 0.2) is 0 Å². The van der Waals surface area contributed by atoms with E-state index < -0.39 is 0 Å². The molecule has 5 heteroatoms. The molecule has 1 aromatic heterocycles. The number of likely N-dealkylation sites (N-methyl/N-ethyl adjacent to an activating group) is 1. The monoisotopic (exact) mass is 280 g/mol. The van der Waals surface area contributed by atoms with Crippen LogP contribution in [0, 0.1) is 0 Å². The van der Waals surface area contributed by atoms with E-state index >= 15 is 0 Å². The van der Waals surface area contributed by atoms with Crippen LogP contribution in [-0.2, 0) is 11.2 Å². The third-order valence-electron chi connectivity index (χ3n) is 3.16. The maximum Gasteiger partial charge on any atom is 0.137 e. The fraction of sp³-hybridized carbons (Fsp3) is 0.733. The number of rotatable bonds is 10. The van der Waals surface area contributed by atoms with E-state index in [0.717, 1.165) is 57.3 Å². The summed E-state index contributed by atoms with van der Waals surface area (Å²) in [5, 5.41) is 3.34. The quantitative estimate of drug-likeness (QED) is 0.668. The van der Waals surface area contributed by atoms with Crippen molar-refractivity contribution in [3.63, 3.8) is 0 Å². The lowest BCUT2D eigenvalue weighted by Crippen LogP contribution is -2.29. The molecular weight excluding hydrogens is 252 g/mol. The topological polar surface area (TPSA) is 50.3 Å². The van der Waals surface area contributed by atoms with E-state index in [1.807, 2.05) is 6.92 Å². The first-order valence-electron chi connectivity index (χ1n) is 7.68. The molecule has 1 N–H and O–H groups in total. The van der Waals surface area contributed by atoms with Crippen LogP contribution in [0.3, 0.4) is 0 Å². The maximum absolute atomic E-state index is 5.46. The van der Waals surface area contributed by atoms with Crippen molar-refractivity contribution < 1.29 is 4.74 Å². The molecular formula is C15H28N4O. The van der Waals surface area contributed by atoms with Crippen LogP contribution in [0.2, 0.25) is 0 Å². The van der Waals surface area contributed by atoms with E-state index in [1.165, 1.54) is 5.56 Å². The van der Waals surface area contributed by atoms with Crippen molar-refractivity contribution in [2.45, 2.75) is 40.5 Å². The molecule has 0 bridgehead atoms. The molecule has 1 aromatic rings. The lowest BCUT2D eigenvalue weighted by molar-refractivity contribution is 0.154. The Labute approximate surface area is 122 Å². The molecule has 0 spiro atoms. The summed E-state index contributed by atoms with van der Waals surface area (Å²) in [6, 6.07) is 0. The Morgan fingerprint density at radius 3 is 2.60 bits per heavy atom. The van der Waals surface area contributed by atoms with Crippen LogP contribution in [0.15, 0.2) is 6.33 Å². The number of ether oxygens (including phenoxy) is 1. The van der Waals surface area contributed by atoms with Gasteiger partial charge in [-0.05, 0) is 27.2 Å². The van der Waals surface area contributed by atoms with Gasteiger partial charge in [-0.25, -0.2) is 9.97 Å². The highest BCUT2D eigenvalue weighted by Gasteiger charge is 2.15. The minimum atomic E-state index is 0.733. The zero-order chi connectivity index (χ0) is 14.8. The molecule has 0 saturated heterocycles. The van der Waals surface area contributed by atoms with E-state index in [4.69, 9.17) is 4.74 Å². The minimum Gasteiger partial charge on any atom is -0.380 e. The molecule has 0 aliphatic heterocycles. The summed E-state index contributed by atoms with van der Waals surface area (Å²) in [5.41, 5.74) is 1.22. The van der Waals surface area contributed by atoms with E-state index in [9.17, 15) is 0 Å². The van der Waals surface area contributed by atoms with Crippen LogP contribution >= 0.6 is 0 Å². The lowest BCUT2D eigenvalue weighted by atomic mass is 10.1. The number of hydrogen-bond donors (Lipinski definition) is 1. The van der Waals surface area contributed by atoms with Gasteiger partial charge in [0.2, 0.25) is 0 Å². The first-order valence-corrected chi connectivity index (χ1v) is 7.68. The first kappa shape index (κ1) is 16.7. The summed E-state index contributed by atoms with van der Waals surface area (Å²) in [6.45, 7) is 12.6. The highest BCUT2D eigenvalue weighted by Crippen LogP contribution is 2.24. The highest BCUT2D eigenvalue weighted by atomic mass is 16.5. The Morgan fingerprint density at radius 2 is 2.00 bits per heavy atom. The number of nitrogens with zero attached hydrogens (tertiary/aromatic N) is 3. The van der Waals surface area contributed by atoms with Crippen molar-refractivity contribution in [1.82, 2.24) is 9.97 Å². The van der Waals surface area contributed by atoms with Gasteiger partial charge in [0.1, 0.15) is 18.0 Å². The molecule has 0 aliphatic carbocycles. The van der Waals surface area contributed by atoms with Gasteiger partial charge in [-0.3, -0.25) is 0 Å². The molecule has 0 atom stereocenters. The molecule has 20 heavy (non-hydrogen) atoms. The van der Waals surface area contributed by atoms with E-state index in [1.54, 1.807) is 6.33 Å². The third kappa shape index (κ3) is 4.63. The Bertz CT molecular complexity index is 384. The highest BCUT2D eigenvalue weighted by molar-refractivity contribution is 5.58. The van der Waals surface area contributed by atoms with Gasteiger partial charge in [-0.1, -0.05) is 13.3 Å². The minimum absolute atomic E-state index is 0.733. The van der Waals surface area contributed by atoms with Gasteiger partial charge in [-0.15, -0.1) is 0 Å². The van der Waals surface area contributed by atoms with Gasteiger partial charge in [0, 0.05) is 31.8 Å². The van der Waals surface area contributed by atoms with Crippen molar-refractivity contribution in [3.05, 3.63) is 11.9 Å². The Hall–Kier alpha value is -1.36. The Kier molecular flexibility index (Phi) is 7.95. The molecule has 0 aliphatic rings. The van der Waals surface area contributed by atoms with Gasteiger partial charge in [-0.2, -0.15) is 0 Å². The summed E-state index contributed by atoms with van der Waals surface area (Å²) in [4.78, 5) is 11.2. The zero-order valence-electron chi connectivity index (χ0n) is 13.3. The fourth-order valence-electron chi connectivity index (χ4n) is 2.21. The molecule has 0 unspecified atom stereocenters. The van der Waals surface area contributed by atoms with Crippen LogP contribution in [0.25, 0.3) is 0 Å². The number of nitrogens with one attached hydrogen (secondary N) is 1. The maximum atomic E-state index is 5.46. The molecule has 0 saturated carbocycles. The summed E-state index contributed by atoms with van der Waals surface area (Å²) in [6.07, 6.45) is 3.72. The predicted molar refractivity (Wildman–Crippen MR) is 84.6 cm³/mol. The molecule has 0 fully saturated rings. The van der Waals surface area contributed by atoms with E-state index in [0.29, 0.717) is 0 Å². The van der Waals surface area contributed by atoms with Crippen LogP contribution in [0.4, 0.5) is 11.6 Å². The van der Waals surface area contributed by atoms with Crippen LogP contribution in [-0.4, -0.2) is 42.8 Å². The normalized spacial score (nSPS) is 10.6. The molecule has 5 nitrogen and oxygen atoms in total. The second-order valence-corrected chi connectivity index (χ2v) is 4.58. The van der Waals surface area contributed by atoms with Crippen molar-refractivity contribution in [2.75, 3.05) is 43.1 Å². The molecule has 114 valence electrons. The van der Waals surface area contributed by atoms with Gasteiger partial charge < -0.3 is 15.0 Å². The van der Waals surface area contributed by atoms with Crippen molar-refractivity contribution in [1.29, 1.82) is 0 Å². The van der Waals surface area contributed by atoms with Crippen molar-refractivity contribution in [2.24, 2.45) is 0 Å².